The summed E-state index contributed by atoms with van der Waals surface area (Å²) < 4.78 is 0. The second-order valence-electron chi connectivity index (χ2n) is 3.34. The number of amides is 1. The van der Waals surface area contributed by atoms with Crippen LogP contribution in [0.1, 0.15) is 23.3 Å². The molecule has 1 heterocycles. The molecule has 1 aromatic heterocycles. The zero-order valence-electron chi connectivity index (χ0n) is 7.98. The van der Waals surface area contributed by atoms with E-state index in [1.54, 1.807) is 0 Å². The van der Waals surface area contributed by atoms with Gasteiger partial charge < -0.3 is 5.32 Å². The monoisotopic (exact) mass is 223 g/mol. The lowest BCUT2D eigenvalue weighted by Crippen LogP contribution is -2.33. The maximum Gasteiger partial charge on any atom is 0.271 e. The van der Waals surface area contributed by atoms with Crippen molar-refractivity contribution in [3.05, 3.63) is 35.4 Å². The first-order chi connectivity index (χ1) is 7.25. The molecule has 1 aliphatic rings. The highest BCUT2D eigenvalue weighted by molar-refractivity contribution is 6.29. The van der Waals surface area contributed by atoms with E-state index in [0.29, 0.717) is 5.69 Å². The van der Waals surface area contributed by atoms with Gasteiger partial charge in [-0.3, -0.25) is 4.79 Å². The third-order valence-electron chi connectivity index (χ3n) is 2.20. The van der Waals surface area contributed by atoms with Crippen LogP contribution >= 0.6 is 11.6 Å². The second-order valence-corrected chi connectivity index (χ2v) is 3.72. The van der Waals surface area contributed by atoms with Gasteiger partial charge in [-0.2, -0.15) is 0 Å². The van der Waals surface area contributed by atoms with E-state index in [2.05, 4.69) is 27.4 Å². The number of nitrogens with one attached hydrogen (secondary N) is 1. The Morgan fingerprint density at radius 2 is 2.07 bits per heavy atom. The van der Waals surface area contributed by atoms with Crippen molar-refractivity contribution in [2.45, 2.75) is 18.9 Å². The average molecular weight is 224 g/mol. The number of carbonyl (C=O) groups excluding carboxylic acids is 1. The number of hydrogen-bond donors (Lipinski definition) is 1. The molecular formula is C10H10ClN3O. The van der Waals surface area contributed by atoms with Gasteiger partial charge in [0.05, 0.1) is 12.4 Å². The molecule has 2 rings (SSSR count). The molecule has 0 saturated heterocycles. The molecule has 0 saturated carbocycles. The highest BCUT2D eigenvalue weighted by atomic mass is 35.5. The highest BCUT2D eigenvalue weighted by Crippen LogP contribution is 2.10. The Kier molecular flexibility index (Phi) is 2.97. The smallest absolute Gasteiger partial charge is 0.271 e. The summed E-state index contributed by atoms with van der Waals surface area (Å²) >= 11 is 5.57. The number of aromatic nitrogens is 2. The third-order valence-corrected chi connectivity index (χ3v) is 2.39. The van der Waals surface area contributed by atoms with E-state index in [9.17, 15) is 4.79 Å². The Morgan fingerprint density at radius 3 is 2.67 bits per heavy atom. The van der Waals surface area contributed by atoms with Crippen molar-refractivity contribution in [3.63, 3.8) is 0 Å². The summed E-state index contributed by atoms with van der Waals surface area (Å²) in [6.07, 6.45) is 8.61. The number of hydrogen-bond acceptors (Lipinski definition) is 3. The summed E-state index contributed by atoms with van der Waals surface area (Å²) in [6, 6.07) is 0.190. The Labute approximate surface area is 92.4 Å². The van der Waals surface area contributed by atoms with E-state index in [1.807, 2.05) is 0 Å². The van der Waals surface area contributed by atoms with Gasteiger partial charge in [0.2, 0.25) is 0 Å². The molecule has 1 aliphatic carbocycles. The fourth-order valence-electron chi connectivity index (χ4n) is 1.42. The van der Waals surface area contributed by atoms with Crippen molar-refractivity contribution >= 4 is 17.5 Å². The number of halogens is 1. The first-order valence-corrected chi connectivity index (χ1v) is 5.07. The second kappa shape index (κ2) is 4.40. The summed E-state index contributed by atoms with van der Waals surface area (Å²) in [4.78, 5) is 19.3. The topological polar surface area (TPSA) is 54.9 Å². The van der Waals surface area contributed by atoms with E-state index in [4.69, 9.17) is 11.6 Å². The van der Waals surface area contributed by atoms with Crippen LogP contribution in [-0.4, -0.2) is 21.9 Å². The van der Waals surface area contributed by atoms with Gasteiger partial charge in [-0.05, 0) is 12.8 Å². The molecule has 0 bridgehead atoms. The van der Waals surface area contributed by atoms with Crippen molar-refractivity contribution in [1.82, 2.24) is 15.3 Å². The van der Waals surface area contributed by atoms with Crippen LogP contribution < -0.4 is 5.32 Å². The third kappa shape index (κ3) is 2.53. The predicted octanol–water partition coefficient (Wildman–Crippen LogP) is 1.58. The molecule has 15 heavy (non-hydrogen) atoms. The summed E-state index contributed by atoms with van der Waals surface area (Å²) in [5, 5.41) is 3.15. The molecule has 1 aromatic rings. The minimum Gasteiger partial charge on any atom is -0.347 e. The van der Waals surface area contributed by atoms with Gasteiger partial charge in [0.1, 0.15) is 10.8 Å². The number of carbonyl (C=O) groups is 1. The average Bonchev–Trinajstić information content (AvgIpc) is 2.71. The molecule has 0 aliphatic heterocycles. The zero-order valence-corrected chi connectivity index (χ0v) is 8.74. The van der Waals surface area contributed by atoms with Crippen LogP contribution in [0, 0.1) is 0 Å². The minimum absolute atomic E-state index is 0.190. The van der Waals surface area contributed by atoms with Gasteiger partial charge in [0.25, 0.3) is 5.91 Å². The molecule has 5 heteroatoms. The molecule has 0 fully saturated rings. The molecule has 0 spiro atoms. The molecular weight excluding hydrogens is 214 g/mol. The highest BCUT2D eigenvalue weighted by Gasteiger charge is 2.15. The summed E-state index contributed by atoms with van der Waals surface area (Å²) in [5.74, 6) is -0.201. The van der Waals surface area contributed by atoms with E-state index < -0.39 is 0 Å². The molecule has 0 radical (unpaired) electrons. The largest absolute Gasteiger partial charge is 0.347 e. The van der Waals surface area contributed by atoms with Gasteiger partial charge >= 0.3 is 0 Å². The number of rotatable bonds is 2. The van der Waals surface area contributed by atoms with Crippen LogP contribution in [0.4, 0.5) is 0 Å². The molecule has 0 atom stereocenters. The lowest BCUT2D eigenvalue weighted by Gasteiger charge is -2.10. The zero-order chi connectivity index (χ0) is 10.7. The maximum absolute atomic E-state index is 11.6. The lowest BCUT2D eigenvalue weighted by atomic mass is 10.2. The maximum atomic E-state index is 11.6. The first-order valence-electron chi connectivity index (χ1n) is 4.69. The van der Waals surface area contributed by atoms with Crippen LogP contribution in [0.15, 0.2) is 24.5 Å². The fourth-order valence-corrected chi connectivity index (χ4v) is 1.52. The van der Waals surface area contributed by atoms with Crippen molar-refractivity contribution in [3.8, 4) is 0 Å². The quantitative estimate of drug-likeness (QED) is 0.775. The minimum atomic E-state index is -0.201. The summed E-state index contributed by atoms with van der Waals surface area (Å²) in [5.41, 5.74) is 0.298. The lowest BCUT2D eigenvalue weighted by molar-refractivity contribution is 0.0933. The molecule has 0 aromatic carbocycles. The van der Waals surface area contributed by atoms with Crippen LogP contribution in [0.3, 0.4) is 0 Å². The standard InChI is InChI=1S/C10H10ClN3O/c11-9-6-12-8(5-13-9)10(15)14-7-3-1-2-4-7/h1-2,5-7H,3-4H2,(H,14,15). The van der Waals surface area contributed by atoms with E-state index in [1.165, 1.54) is 12.4 Å². The van der Waals surface area contributed by atoms with Crippen molar-refractivity contribution < 1.29 is 4.79 Å². The fraction of sp³-hybridized carbons (Fsp3) is 0.300. The Balaban J connectivity index is 1.98. The molecule has 0 unspecified atom stereocenters. The van der Waals surface area contributed by atoms with Crippen molar-refractivity contribution in [2.24, 2.45) is 0 Å². The van der Waals surface area contributed by atoms with Crippen molar-refractivity contribution in [2.75, 3.05) is 0 Å². The van der Waals surface area contributed by atoms with Crippen LogP contribution in [0.2, 0.25) is 5.15 Å². The van der Waals surface area contributed by atoms with Crippen LogP contribution in [0.25, 0.3) is 0 Å². The van der Waals surface area contributed by atoms with Gasteiger partial charge in [-0.25, -0.2) is 9.97 Å². The van der Waals surface area contributed by atoms with E-state index >= 15 is 0 Å². The Bertz CT molecular complexity index is 380. The Hall–Kier alpha value is -1.42. The van der Waals surface area contributed by atoms with Gasteiger partial charge in [-0.1, -0.05) is 23.8 Å². The van der Waals surface area contributed by atoms with Gasteiger partial charge in [-0.15, -0.1) is 0 Å². The normalized spacial score (nSPS) is 15.5. The molecule has 1 amide bonds. The van der Waals surface area contributed by atoms with Gasteiger partial charge in [0.15, 0.2) is 0 Å². The molecule has 4 nitrogen and oxygen atoms in total. The first kappa shape index (κ1) is 10.1. The molecule has 1 N–H and O–H groups in total. The van der Waals surface area contributed by atoms with Crippen LogP contribution in [0.5, 0.6) is 0 Å². The van der Waals surface area contributed by atoms with Gasteiger partial charge in [0, 0.05) is 6.04 Å². The summed E-state index contributed by atoms with van der Waals surface area (Å²) in [6.45, 7) is 0. The Morgan fingerprint density at radius 1 is 1.33 bits per heavy atom. The summed E-state index contributed by atoms with van der Waals surface area (Å²) in [7, 11) is 0. The van der Waals surface area contributed by atoms with Crippen molar-refractivity contribution in [1.29, 1.82) is 0 Å². The predicted molar refractivity (Wildman–Crippen MR) is 56.7 cm³/mol. The van der Waals surface area contributed by atoms with Crippen LogP contribution in [-0.2, 0) is 0 Å². The number of nitrogens with zero attached hydrogens (tertiary/aromatic N) is 2. The molecule has 78 valence electrons. The van der Waals surface area contributed by atoms with E-state index in [-0.39, 0.29) is 17.1 Å². The van der Waals surface area contributed by atoms with E-state index in [0.717, 1.165) is 12.8 Å². The SMILES string of the molecule is O=C(NC1CC=CC1)c1cnc(Cl)cn1.